The molecule has 4 heterocycles. The quantitative estimate of drug-likeness (QED) is 0.173. The van der Waals surface area contributed by atoms with Crippen LogP contribution < -0.4 is 0 Å². The van der Waals surface area contributed by atoms with Crippen LogP contribution in [0.25, 0.3) is 21.8 Å². The van der Waals surface area contributed by atoms with Gasteiger partial charge in [0.1, 0.15) is 11.6 Å². The van der Waals surface area contributed by atoms with Crippen molar-refractivity contribution in [2.45, 2.75) is 95.9 Å². The number of rotatable bonds is 6. The number of fused-ring (bicyclic) bond motifs is 6. The van der Waals surface area contributed by atoms with E-state index in [1.54, 1.807) is 18.2 Å². The Morgan fingerprint density at radius 1 is 0.654 bits per heavy atom. The van der Waals surface area contributed by atoms with Crippen LogP contribution in [-0.2, 0) is 32.5 Å². The van der Waals surface area contributed by atoms with Crippen LogP contribution in [0.2, 0.25) is 0 Å². The Bertz CT molecular complexity index is 2350. The lowest BCUT2D eigenvalue weighted by molar-refractivity contribution is 0.238. The third-order valence-electron chi connectivity index (χ3n) is 13.0. The maximum absolute atomic E-state index is 15.7. The molecule has 10 rings (SSSR count). The van der Waals surface area contributed by atoms with E-state index in [4.69, 9.17) is 0 Å². The van der Waals surface area contributed by atoms with Gasteiger partial charge in [-0.2, -0.15) is 0 Å². The Balaban J connectivity index is 0.934. The number of aromatic nitrogens is 2. The second-order valence-electron chi connectivity index (χ2n) is 16.5. The Labute approximate surface area is 305 Å². The zero-order valence-electron chi connectivity index (χ0n) is 30.6. The third kappa shape index (κ3) is 5.36. The summed E-state index contributed by atoms with van der Waals surface area (Å²) >= 11 is 0. The molecule has 0 amide bonds. The predicted molar refractivity (Wildman–Crippen MR) is 206 cm³/mol. The largest absolute Gasteiger partial charge is 0.341 e. The number of hydrogen-bond donors (Lipinski definition) is 0. The first kappa shape index (κ1) is 32.4. The minimum atomic E-state index is -0.173. The van der Waals surface area contributed by atoms with Crippen molar-refractivity contribution in [2.75, 3.05) is 20.1 Å². The fraction of sp³-hybridized carbons (Fsp3) is 0.391. The first-order valence-electron chi connectivity index (χ1n) is 19.5. The first-order chi connectivity index (χ1) is 25.3. The molecule has 2 aliphatic heterocycles. The lowest BCUT2D eigenvalue weighted by atomic mass is 9.93. The highest BCUT2D eigenvalue weighted by Gasteiger charge is 2.43. The van der Waals surface area contributed by atoms with Gasteiger partial charge in [-0.05, 0) is 105 Å². The summed E-state index contributed by atoms with van der Waals surface area (Å²) in [5, 5.41) is 2.75. The van der Waals surface area contributed by atoms with Crippen LogP contribution in [0.1, 0.15) is 99.9 Å². The minimum absolute atomic E-state index is 0.0968. The van der Waals surface area contributed by atoms with Gasteiger partial charge in [-0.1, -0.05) is 53.9 Å². The Morgan fingerprint density at radius 2 is 1.31 bits per heavy atom. The van der Waals surface area contributed by atoms with E-state index in [9.17, 15) is 4.39 Å². The molecule has 2 saturated carbocycles. The Morgan fingerprint density at radius 3 is 2.04 bits per heavy atom. The van der Waals surface area contributed by atoms with Crippen LogP contribution in [0.5, 0.6) is 0 Å². The zero-order chi connectivity index (χ0) is 35.2. The molecule has 0 spiro atoms. The van der Waals surface area contributed by atoms with Crippen molar-refractivity contribution in [3.05, 3.63) is 141 Å². The summed E-state index contributed by atoms with van der Waals surface area (Å²) in [5.74, 6) is 0.519. The van der Waals surface area contributed by atoms with Gasteiger partial charge < -0.3 is 14.0 Å². The molecule has 0 N–H and O–H groups in total. The Kier molecular flexibility index (Phi) is 7.74. The van der Waals surface area contributed by atoms with Gasteiger partial charge in [-0.25, -0.2) is 8.78 Å². The molecular formula is C46H48F2N4. The molecule has 2 fully saturated rings. The third-order valence-corrected chi connectivity index (χ3v) is 13.0. The average Bonchev–Trinajstić information content (AvgIpc) is 3.50. The van der Waals surface area contributed by atoms with Gasteiger partial charge in [0.25, 0.3) is 0 Å². The van der Waals surface area contributed by atoms with Crippen molar-refractivity contribution in [3.63, 3.8) is 0 Å². The number of halogens is 2. The molecule has 0 bridgehead atoms. The molecule has 4 unspecified atom stereocenters. The predicted octanol–water partition coefficient (Wildman–Crippen LogP) is 10.3. The second-order valence-corrected chi connectivity index (χ2v) is 16.5. The molecule has 4 aromatic carbocycles. The van der Waals surface area contributed by atoms with Gasteiger partial charge in [0.15, 0.2) is 0 Å². The molecule has 0 radical (unpaired) electrons. The summed E-state index contributed by atoms with van der Waals surface area (Å²) in [7, 11) is 2.23. The SMILES string of the molecule is Cc1ccc2c(c1)c1c(n2C2CCCC2c2ccc(F)cc2)CCN(Cc2cc(C3CC3n3c4c(c5cc(C)ccc53)CN(C)CC4)ccc2F)C1. The maximum atomic E-state index is 15.7. The summed E-state index contributed by atoms with van der Waals surface area (Å²) in [6, 6.07) is 27.8. The molecule has 6 aromatic rings. The average molecular weight is 695 g/mol. The molecule has 266 valence electrons. The van der Waals surface area contributed by atoms with E-state index in [2.05, 4.69) is 82.3 Å². The van der Waals surface area contributed by atoms with E-state index in [0.29, 0.717) is 30.5 Å². The van der Waals surface area contributed by atoms with E-state index < -0.39 is 0 Å². The first-order valence-corrected chi connectivity index (χ1v) is 19.5. The van der Waals surface area contributed by atoms with Crippen LogP contribution in [-0.4, -0.2) is 39.1 Å². The van der Waals surface area contributed by atoms with Crippen molar-refractivity contribution in [2.24, 2.45) is 0 Å². The smallest absolute Gasteiger partial charge is 0.127 e. The molecule has 0 saturated heterocycles. The van der Waals surface area contributed by atoms with Crippen LogP contribution in [0.4, 0.5) is 8.78 Å². The molecule has 2 aliphatic carbocycles. The summed E-state index contributed by atoms with van der Waals surface area (Å²) in [6.45, 7) is 8.81. The van der Waals surface area contributed by atoms with E-state index in [0.717, 1.165) is 63.8 Å². The fourth-order valence-electron chi connectivity index (χ4n) is 10.5. The van der Waals surface area contributed by atoms with Crippen LogP contribution in [0.3, 0.4) is 0 Å². The van der Waals surface area contributed by atoms with Gasteiger partial charge in [0.2, 0.25) is 0 Å². The molecule has 4 aliphatic rings. The highest BCUT2D eigenvalue weighted by Crippen LogP contribution is 2.54. The summed E-state index contributed by atoms with van der Waals surface area (Å²) < 4.78 is 34.8. The lowest BCUT2D eigenvalue weighted by Gasteiger charge is -2.31. The van der Waals surface area contributed by atoms with Crippen molar-refractivity contribution in [3.8, 4) is 0 Å². The van der Waals surface area contributed by atoms with Crippen LogP contribution in [0.15, 0.2) is 78.9 Å². The van der Waals surface area contributed by atoms with Crippen molar-refractivity contribution in [1.29, 1.82) is 0 Å². The standard InChI is InChI=1S/C46H48F2N4/c1-28-8-16-43-36(21-28)38-26-49(3)19-17-44(38)52(43)46-24-35(46)31-11-14-40(48)32(23-31)25-50-20-18-45-39(27-50)37-22-29(2)7-15-42(37)51(45)41-6-4-5-34(41)30-9-12-33(47)13-10-30/h7-16,21-23,34-35,41,46H,4-6,17-20,24-27H2,1-3H3. The molecule has 2 aromatic heterocycles. The Hall–Kier alpha value is -4.26. The van der Waals surface area contributed by atoms with Crippen LogP contribution >= 0.6 is 0 Å². The van der Waals surface area contributed by atoms with Crippen molar-refractivity contribution in [1.82, 2.24) is 18.9 Å². The summed E-state index contributed by atoms with van der Waals surface area (Å²) in [5.41, 5.74) is 14.4. The second kappa shape index (κ2) is 12.4. The topological polar surface area (TPSA) is 16.3 Å². The van der Waals surface area contributed by atoms with E-state index in [1.807, 2.05) is 18.2 Å². The van der Waals surface area contributed by atoms with Crippen molar-refractivity contribution < 1.29 is 8.78 Å². The van der Waals surface area contributed by atoms with Gasteiger partial charge in [0.05, 0.1) is 0 Å². The van der Waals surface area contributed by atoms with E-state index in [1.165, 1.54) is 73.0 Å². The van der Waals surface area contributed by atoms with E-state index >= 15 is 4.39 Å². The lowest BCUT2D eigenvalue weighted by Crippen LogP contribution is -2.31. The highest BCUT2D eigenvalue weighted by molar-refractivity contribution is 5.88. The van der Waals surface area contributed by atoms with Gasteiger partial charge >= 0.3 is 0 Å². The highest BCUT2D eigenvalue weighted by atomic mass is 19.1. The normalized spacial score (nSPS) is 23.4. The summed E-state index contributed by atoms with van der Waals surface area (Å²) in [4.78, 5) is 4.90. The summed E-state index contributed by atoms with van der Waals surface area (Å²) in [6.07, 6.45) is 6.57. The number of aryl methyl sites for hydroxylation is 2. The minimum Gasteiger partial charge on any atom is -0.341 e. The molecule has 52 heavy (non-hydrogen) atoms. The van der Waals surface area contributed by atoms with Gasteiger partial charge in [-0.15, -0.1) is 0 Å². The molecule has 4 atom stereocenters. The van der Waals surface area contributed by atoms with Crippen molar-refractivity contribution >= 4 is 21.8 Å². The van der Waals surface area contributed by atoms with Gasteiger partial charge in [0, 0.05) is 108 Å². The number of hydrogen-bond acceptors (Lipinski definition) is 2. The van der Waals surface area contributed by atoms with E-state index in [-0.39, 0.29) is 11.6 Å². The fourth-order valence-corrected chi connectivity index (χ4v) is 10.5. The molecule has 4 nitrogen and oxygen atoms in total. The molecule has 6 heteroatoms. The molecular weight excluding hydrogens is 647 g/mol. The monoisotopic (exact) mass is 694 g/mol. The van der Waals surface area contributed by atoms with Crippen LogP contribution in [0, 0.1) is 25.5 Å². The van der Waals surface area contributed by atoms with Gasteiger partial charge in [-0.3, -0.25) is 4.90 Å². The zero-order valence-corrected chi connectivity index (χ0v) is 30.6. The number of nitrogens with zero attached hydrogens (tertiary/aromatic N) is 4. The number of benzene rings is 4. The maximum Gasteiger partial charge on any atom is 0.127 e. The number of likely N-dealkylation sites (N-methyl/N-ethyl adjacent to an activating group) is 1.